The Morgan fingerprint density at radius 3 is 2.58 bits per heavy atom. The van der Waals surface area contributed by atoms with Crippen LogP contribution in [0.2, 0.25) is 0 Å². The molecule has 43 heavy (non-hydrogen) atoms. The van der Waals surface area contributed by atoms with Crippen molar-refractivity contribution in [2.75, 3.05) is 26.4 Å². The van der Waals surface area contributed by atoms with E-state index >= 15 is 0 Å². The number of nitrogens with zero attached hydrogens (tertiary/aromatic N) is 3. The predicted octanol–water partition coefficient (Wildman–Crippen LogP) is 5.61. The molecule has 0 saturated heterocycles. The lowest BCUT2D eigenvalue weighted by molar-refractivity contribution is -0.133. The third-order valence-electron chi connectivity index (χ3n) is 8.00. The number of amides is 1. The Labute approximate surface area is 250 Å². The fraction of sp³-hybridized carbons (Fsp3) is 0.286. The van der Waals surface area contributed by atoms with Gasteiger partial charge in [-0.05, 0) is 66.8 Å². The minimum atomic E-state index is -0.184. The van der Waals surface area contributed by atoms with Crippen LogP contribution in [0.25, 0.3) is 22.0 Å². The molecule has 0 radical (unpaired) electrons. The molecule has 6 rings (SSSR count). The van der Waals surface area contributed by atoms with Crippen LogP contribution in [0.1, 0.15) is 33.7 Å². The maximum atomic E-state index is 13.7. The van der Waals surface area contributed by atoms with Crippen molar-refractivity contribution in [2.45, 2.75) is 40.3 Å². The fourth-order valence-corrected chi connectivity index (χ4v) is 5.87. The van der Waals surface area contributed by atoms with E-state index in [-0.39, 0.29) is 18.0 Å². The lowest BCUT2D eigenvalue weighted by Gasteiger charge is -2.25. The van der Waals surface area contributed by atoms with Gasteiger partial charge in [0, 0.05) is 36.5 Å². The molecular formula is C35H35N3O5. The molecule has 3 heterocycles. The molecule has 0 fully saturated rings. The van der Waals surface area contributed by atoms with Crippen LogP contribution in [0.5, 0.6) is 5.75 Å². The first kappa shape index (κ1) is 28.4. The Morgan fingerprint density at radius 2 is 1.74 bits per heavy atom. The second-order valence-electron chi connectivity index (χ2n) is 11.1. The average molecular weight is 578 g/mol. The Morgan fingerprint density at radius 1 is 0.907 bits per heavy atom. The van der Waals surface area contributed by atoms with E-state index in [9.17, 15) is 9.59 Å². The van der Waals surface area contributed by atoms with Crippen LogP contribution in [0.15, 0.2) is 82.1 Å². The maximum absolute atomic E-state index is 13.7. The molecule has 5 aromatic rings. The largest absolute Gasteiger partial charge is 0.491 e. The first-order valence-electron chi connectivity index (χ1n) is 14.6. The summed E-state index contributed by atoms with van der Waals surface area (Å²) in [6, 6.07) is 23.8. The summed E-state index contributed by atoms with van der Waals surface area (Å²) in [7, 11) is 0. The van der Waals surface area contributed by atoms with Crippen molar-refractivity contribution in [3.8, 4) is 16.9 Å². The molecule has 0 N–H and O–H groups in total. The van der Waals surface area contributed by atoms with E-state index in [0.29, 0.717) is 39.3 Å². The van der Waals surface area contributed by atoms with Crippen molar-refractivity contribution in [1.29, 1.82) is 0 Å². The Kier molecular flexibility index (Phi) is 8.11. The highest BCUT2D eigenvalue weighted by atomic mass is 16.5. The van der Waals surface area contributed by atoms with E-state index in [4.69, 9.17) is 14.0 Å². The number of carbonyl (C=O) groups excluding carboxylic acids is 1. The van der Waals surface area contributed by atoms with Crippen LogP contribution in [0.3, 0.4) is 0 Å². The van der Waals surface area contributed by atoms with Gasteiger partial charge in [0.05, 0.1) is 24.4 Å². The number of hydrogen-bond donors (Lipinski definition) is 0. The van der Waals surface area contributed by atoms with Crippen LogP contribution < -0.4 is 10.3 Å². The van der Waals surface area contributed by atoms with Crippen LogP contribution in [0.4, 0.5) is 0 Å². The van der Waals surface area contributed by atoms with E-state index in [1.807, 2.05) is 69.3 Å². The number of aryl methyl sites for hydroxylation is 3. The molecule has 0 saturated carbocycles. The van der Waals surface area contributed by atoms with Gasteiger partial charge in [0.2, 0.25) is 5.91 Å². The summed E-state index contributed by atoms with van der Waals surface area (Å²) in [5, 5.41) is 5.09. The SMILES string of the molecule is Cc1noc(C)c1-c1ccc2c(c1)Cc1cccc(c1)CN(C(=O)Cn1c(=O)cc(C)c3ccccc31)CCOCCO2. The molecule has 0 atom stereocenters. The number of benzene rings is 3. The zero-order valence-corrected chi connectivity index (χ0v) is 24.8. The zero-order valence-electron chi connectivity index (χ0n) is 24.8. The summed E-state index contributed by atoms with van der Waals surface area (Å²) in [6.45, 7) is 7.69. The van der Waals surface area contributed by atoms with Gasteiger partial charge in [0.15, 0.2) is 0 Å². The third kappa shape index (κ3) is 6.10. The Hall–Kier alpha value is -4.69. The number of hydrogen-bond acceptors (Lipinski definition) is 6. The number of pyridine rings is 1. The molecule has 220 valence electrons. The maximum Gasteiger partial charge on any atom is 0.251 e. The number of fused-ring (bicyclic) bond motifs is 4. The quantitative estimate of drug-likeness (QED) is 0.277. The van der Waals surface area contributed by atoms with Crippen molar-refractivity contribution in [3.63, 3.8) is 0 Å². The van der Waals surface area contributed by atoms with Gasteiger partial charge in [-0.2, -0.15) is 0 Å². The summed E-state index contributed by atoms with van der Waals surface area (Å²) in [5.74, 6) is 1.46. The molecule has 1 aliphatic heterocycles. The fourth-order valence-electron chi connectivity index (χ4n) is 5.87. The summed E-state index contributed by atoms with van der Waals surface area (Å²) < 4.78 is 19.0. The van der Waals surface area contributed by atoms with E-state index in [1.54, 1.807) is 15.5 Å². The van der Waals surface area contributed by atoms with Gasteiger partial charge < -0.3 is 18.9 Å². The topological polar surface area (TPSA) is 86.8 Å². The number of carbonyl (C=O) groups is 1. The van der Waals surface area contributed by atoms with Crippen molar-refractivity contribution >= 4 is 16.8 Å². The van der Waals surface area contributed by atoms with E-state index in [2.05, 4.69) is 23.4 Å². The number of rotatable bonds is 3. The molecule has 3 aromatic carbocycles. The van der Waals surface area contributed by atoms with E-state index in [0.717, 1.165) is 61.5 Å². The monoisotopic (exact) mass is 577 g/mol. The molecular weight excluding hydrogens is 542 g/mol. The van der Waals surface area contributed by atoms with Crippen LogP contribution >= 0.6 is 0 Å². The number of aromatic nitrogens is 2. The average Bonchev–Trinajstić information content (AvgIpc) is 3.34. The standard InChI is InChI=1S/C35H35N3O5/c1-23-17-33(39)38(31-10-5-4-9-30(23)31)22-34(40)37-13-14-41-15-16-42-32-12-11-28(35-24(2)36-43-25(35)3)20-29(32)19-26-7-6-8-27(18-26)21-37/h4-12,17-18,20H,13-16,19,21-22H2,1-3H3. The van der Waals surface area contributed by atoms with Crippen LogP contribution in [-0.4, -0.2) is 46.9 Å². The molecule has 2 bridgehead atoms. The van der Waals surface area contributed by atoms with Gasteiger partial charge in [-0.1, -0.05) is 53.7 Å². The third-order valence-corrected chi connectivity index (χ3v) is 8.00. The van der Waals surface area contributed by atoms with Gasteiger partial charge in [0.25, 0.3) is 5.56 Å². The molecule has 8 nitrogen and oxygen atoms in total. The van der Waals surface area contributed by atoms with Crippen molar-refractivity contribution in [3.05, 3.63) is 117 Å². The first-order valence-corrected chi connectivity index (χ1v) is 14.6. The first-order chi connectivity index (χ1) is 20.9. The van der Waals surface area contributed by atoms with Crippen LogP contribution in [-0.2, 0) is 29.0 Å². The van der Waals surface area contributed by atoms with Gasteiger partial charge in [-0.25, -0.2) is 0 Å². The van der Waals surface area contributed by atoms with Gasteiger partial charge >= 0.3 is 0 Å². The lowest BCUT2D eigenvalue weighted by atomic mass is 9.96. The van der Waals surface area contributed by atoms with Gasteiger partial charge in [-0.3, -0.25) is 14.2 Å². The van der Waals surface area contributed by atoms with Gasteiger partial charge in [0.1, 0.15) is 24.7 Å². The number of ether oxygens (including phenoxy) is 2. The smallest absolute Gasteiger partial charge is 0.251 e. The minimum absolute atomic E-state index is 0.0414. The highest BCUT2D eigenvalue weighted by Crippen LogP contribution is 2.32. The van der Waals surface area contributed by atoms with E-state index in [1.165, 1.54) is 0 Å². The molecule has 8 heteroatoms. The van der Waals surface area contributed by atoms with E-state index < -0.39 is 0 Å². The number of para-hydroxylation sites is 1. The molecule has 2 aromatic heterocycles. The summed E-state index contributed by atoms with van der Waals surface area (Å²) in [4.78, 5) is 28.5. The highest BCUT2D eigenvalue weighted by Gasteiger charge is 2.19. The second kappa shape index (κ2) is 12.3. The van der Waals surface area contributed by atoms with Crippen molar-refractivity contribution in [1.82, 2.24) is 14.6 Å². The Balaban J connectivity index is 1.29. The molecule has 0 unspecified atom stereocenters. The molecule has 0 spiro atoms. The minimum Gasteiger partial charge on any atom is -0.491 e. The summed E-state index contributed by atoms with van der Waals surface area (Å²) in [6.07, 6.45) is 0.653. The highest BCUT2D eigenvalue weighted by molar-refractivity contribution is 5.84. The zero-order chi connectivity index (χ0) is 29.9. The molecule has 1 amide bonds. The summed E-state index contributed by atoms with van der Waals surface area (Å²) >= 11 is 0. The normalized spacial score (nSPS) is 14.2. The molecule has 0 aliphatic carbocycles. The molecule has 1 aliphatic rings. The van der Waals surface area contributed by atoms with Gasteiger partial charge in [-0.15, -0.1) is 0 Å². The summed E-state index contributed by atoms with van der Waals surface area (Å²) in [5.41, 5.74) is 7.51. The lowest BCUT2D eigenvalue weighted by Crippen LogP contribution is -2.38. The van der Waals surface area contributed by atoms with Crippen LogP contribution in [0, 0.1) is 20.8 Å². The predicted molar refractivity (Wildman–Crippen MR) is 165 cm³/mol. The Bertz CT molecular complexity index is 1840. The second-order valence-corrected chi connectivity index (χ2v) is 11.1. The van der Waals surface area contributed by atoms with Crippen molar-refractivity contribution < 1.29 is 18.8 Å². The van der Waals surface area contributed by atoms with Crippen molar-refractivity contribution in [2.24, 2.45) is 0 Å².